The van der Waals surface area contributed by atoms with Crippen LogP contribution in [-0.2, 0) is 0 Å². The zero-order chi connectivity index (χ0) is 8.43. The minimum absolute atomic E-state index is 0.179. The molecule has 0 aromatic carbocycles. The second kappa shape index (κ2) is 2.69. The van der Waals surface area contributed by atoms with Crippen molar-refractivity contribution in [3.05, 3.63) is 20.2 Å². The van der Waals surface area contributed by atoms with Crippen molar-refractivity contribution in [3.8, 4) is 0 Å². The third-order valence-corrected chi connectivity index (χ3v) is 1.65. The highest BCUT2D eigenvalue weighted by atomic mass is 16.7. The maximum Gasteiger partial charge on any atom is 0.336 e. The van der Waals surface area contributed by atoms with Crippen LogP contribution in [0.15, 0.2) is 0 Å². The van der Waals surface area contributed by atoms with Gasteiger partial charge in [0.2, 0.25) is 0 Å². The van der Waals surface area contributed by atoms with Gasteiger partial charge in [-0.15, -0.1) is 0 Å². The summed E-state index contributed by atoms with van der Waals surface area (Å²) < 4.78 is 0. The van der Waals surface area contributed by atoms with Crippen molar-refractivity contribution in [2.45, 2.75) is 19.0 Å². The smallest absolute Gasteiger partial charge is 0.262 e. The standard InChI is InChI=1S/C4H7N3O4/c8-6(9)4-2-1-3-5(4)7(10)11/h4H,1-3H2. The van der Waals surface area contributed by atoms with Gasteiger partial charge >= 0.3 is 6.17 Å². The topological polar surface area (TPSA) is 89.5 Å². The number of rotatable bonds is 2. The molecule has 1 atom stereocenters. The van der Waals surface area contributed by atoms with E-state index >= 15 is 0 Å². The molecule has 7 heteroatoms. The molecule has 0 aromatic heterocycles. The summed E-state index contributed by atoms with van der Waals surface area (Å²) in [4.78, 5) is 19.7. The molecule has 11 heavy (non-hydrogen) atoms. The van der Waals surface area contributed by atoms with Gasteiger partial charge in [-0.3, -0.25) is 10.1 Å². The Morgan fingerprint density at radius 3 is 2.36 bits per heavy atom. The van der Waals surface area contributed by atoms with Gasteiger partial charge in [-0.1, -0.05) is 5.01 Å². The van der Waals surface area contributed by atoms with E-state index in [9.17, 15) is 20.2 Å². The Hall–Kier alpha value is -1.40. The minimum atomic E-state index is -1.12. The first-order valence-corrected chi connectivity index (χ1v) is 3.17. The van der Waals surface area contributed by atoms with Crippen molar-refractivity contribution in [1.29, 1.82) is 0 Å². The normalized spacial score (nSPS) is 23.6. The Morgan fingerprint density at radius 2 is 2.00 bits per heavy atom. The maximum atomic E-state index is 10.2. The molecular formula is C4H7N3O4. The van der Waals surface area contributed by atoms with Crippen molar-refractivity contribution in [2.75, 3.05) is 6.54 Å². The van der Waals surface area contributed by atoms with Crippen LogP contribution in [0.1, 0.15) is 12.8 Å². The van der Waals surface area contributed by atoms with E-state index in [1.165, 1.54) is 0 Å². The van der Waals surface area contributed by atoms with Crippen molar-refractivity contribution in [1.82, 2.24) is 5.01 Å². The molecule has 1 saturated heterocycles. The fourth-order valence-corrected chi connectivity index (χ4v) is 1.14. The second-order valence-corrected chi connectivity index (χ2v) is 2.31. The highest BCUT2D eigenvalue weighted by molar-refractivity contribution is 4.63. The lowest BCUT2D eigenvalue weighted by Gasteiger charge is -2.08. The number of hydrazine groups is 1. The molecule has 62 valence electrons. The van der Waals surface area contributed by atoms with Crippen molar-refractivity contribution in [3.63, 3.8) is 0 Å². The molecule has 1 aliphatic heterocycles. The minimum Gasteiger partial charge on any atom is -0.262 e. The van der Waals surface area contributed by atoms with Crippen molar-refractivity contribution >= 4 is 0 Å². The molecule has 0 saturated carbocycles. The average molecular weight is 161 g/mol. The second-order valence-electron chi connectivity index (χ2n) is 2.31. The van der Waals surface area contributed by atoms with Crippen LogP contribution in [0.25, 0.3) is 0 Å². The Labute approximate surface area is 61.9 Å². The van der Waals surface area contributed by atoms with Gasteiger partial charge in [0, 0.05) is 6.42 Å². The molecule has 0 spiro atoms. The third kappa shape index (κ3) is 1.36. The molecule has 0 N–H and O–H groups in total. The summed E-state index contributed by atoms with van der Waals surface area (Å²) >= 11 is 0. The molecule has 0 aliphatic carbocycles. The molecule has 1 rings (SSSR count). The van der Waals surface area contributed by atoms with Crippen LogP contribution in [0, 0.1) is 20.2 Å². The fraction of sp³-hybridized carbons (Fsp3) is 1.00. The van der Waals surface area contributed by atoms with Crippen molar-refractivity contribution in [2.24, 2.45) is 0 Å². The Bertz CT molecular complexity index is 174. The molecule has 1 unspecified atom stereocenters. The highest BCUT2D eigenvalue weighted by Gasteiger charge is 2.40. The van der Waals surface area contributed by atoms with Gasteiger partial charge < -0.3 is 0 Å². The van der Waals surface area contributed by atoms with Gasteiger partial charge in [0.25, 0.3) is 0 Å². The average Bonchev–Trinajstić information content (AvgIpc) is 2.32. The van der Waals surface area contributed by atoms with E-state index in [0.29, 0.717) is 11.4 Å². The van der Waals surface area contributed by atoms with Crippen LogP contribution in [0.2, 0.25) is 0 Å². The van der Waals surface area contributed by atoms with Gasteiger partial charge in [-0.05, 0) is 6.42 Å². The van der Waals surface area contributed by atoms with E-state index in [2.05, 4.69) is 0 Å². The van der Waals surface area contributed by atoms with E-state index in [1.54, 1.807) is 0 Å². The van der Waals surface area contributed by atoms with Crippen molar-refractivity contribution < 1.29 is 9.96 Å². The summed E-state index contributed by atoms with van der Waals surface area (Å²) in [6, 6.07) is 0. The predicted octanol–water partition coefficient (Wildman–Crippen LogP) is -0.123. The summed E-state index contributed by atoms with van der Waals surface area (Å²) in [5, 5.41) is 20.3. The first-order chi connectivity index (χ1) is 5.13. The molecule has 1 aliphatic rings. The summed E-state index contributed by atoms with van der Waals surface area (Å²) in [7, 11) is 0. The Morgan fingerprint density at radius 1 is 1.36 bits per heavy atom. The van der Waals surface area contributed by atoms with Crippen LogP contribution in [0.5, 0.6) is 0 Å². The van der Waals surface area contributed by atoms with Gasteiger partial charge in [0.05, 0.1) is 11.5 Å². The summed E-state index contributed by atoms with van der Waals surface area (Å²) in [6.07, 6.45) is -0.328. The summed E-state index contributed by atoms with van der Waals surface area (Å²) in [5.74, 6) is 0. The van der Waals surface area contributed by atoms with Gasteiger partial charge in [0.15, 0.2) is 5.03 Å². The molecule has 0 amide bonds. The lowest BCUT2D eigenvalue weighted by atomic mass is 10.3. The monoisotopic (exact) mass is 161 g/mol. The van der Waals surface area contributed by atoms with Crippen LogP contribution in [0.3, 0.4) is 0 Å². The van der Waals surface area contributed by atoms with E-state index in [0.717, 1.165) is 0 Å². The number of nitro groups is 2. The first kappa shape index (κ1) is 7.70. The largest absolute Gasteiger partial charge is 0.336 e. The fourth-order valence-electron chi connectivity index (χ4n) is 1.14. The molecule has 0 aromatic rings. The highest BCUT2D eigenvalue weighted by Crippen LogP contribution is 2.16. The number of nitrogens with zero attached hydrogens (tertiary/aromatic N) is 3. The zero-order valence-corrected chi connectivity index (χ0v) is 5.67. The van der Waals surface area contributed by atoms with Crippen LogP contribution < -0.4 is 0 Å². The van der Waals surface area contributed by atoms with Gasteiger partial charge in [-0.25, -0.2) is 10.1 Å². The SMILES string of the molecule is O=[N+]([O-])C1CCCN1[N+](=O)[O-]. The van der Waals surface area contributed by atoms with E-state index in [4.69, 9.17) is 0 Å². The molecule has 0 radical (unpaired) electrons. The summed E-state index contributed by atoms with van der Waals surface area (Å²) in [5.41, 5.74) is 0. The summed E-state index contributed by atoms with van der Waals surface area (Å²) in [6.45, 7) is 0.179. The zero-order valence-electron chi connectivity index (χ0n) is 5.67. The van der Waals surface area contributed by atoms with Crippen LogP contribution in [0.4, 0.5) is 0 Å². The van der Waals surface area contributed by atoms with E-state index < -0.39 is 16.1 Å². The first-order valence-electron chi connectivity index (χ1n) is 3.17. The van der Waals surface area contributed by atoms with E-state index in [-0.39, 0.29) is 13.0 Å². The third-order valence-electron chi connectivity index (χ3n) is 1.65. The van der Waals surface area contributed by atoms with E-state index in [1.807, 2.05) is 0 Å². The predicted molar refractivity (Wildman–Crippen MR) is 33.7 cm³/mol. The lowest BCUT2D eigenvalue weighted by molar-refractivity contribution is -0.723. The Balaban J connectivity index is 2.65. The Kier molecular flexibility index (Phi) is 1.88. The van der Waals surface area contributed by atoms with Crippen LogP contribution >= 0.6 is 0 Å². The molecule has 1 heterocycles. The molecule has 7 nitrogen and oxygen atoms in total. The molecule has 0 bridgehead atoms. The number of hydrogen-bond donors (Lipinski definition) is 0. The van der Waals surface area contributed by atoms with Gasteiger partial charge in [-0.2, -0.15) is 0 Å². The number of hydrogen-bond acceptors (Lipinski definition) is 4. The van der Waals surface area contributed by atoms with Crippen LogP contribution in [-0.4, -0.2) is 27.7 Å². The maximum absolute atomic E-state index is 10.2. The molecule has 1 fully saturated rings. The lowest BCUT2D eigenvalue weighted by Crippen LogP contribution is -2.39. The van der Waals surface area contributed by atoms with Gasteiger partial charge in [0.1, 0.15) is 0 Å². The quantitative estimate of drug-likeness (QED) is 0.416. The molecular weight excluding hydrogens is 154 g/mol.